The van der Waals surface area contributed by atoms with E-state index in [0.29, 0.717) is 6.04 Å². The van der Waals surface area contributed by atoms with Gasteiger partial charge >= 0.3 is 0 Å². The third-order valence-corrected chi connectivity index (χ3v) is 4.78. The van der Waals surface area contributed by atoms with E-state index in [1.807, 2.05) is 18.2 Å². The van der Waals surface area contributed by atoms with Crippen LogP contribution in [0.2, 0.25) is 0 Å². The fourth-order valence-corrected chi connectivity index (χ4v) is 3.14. The maximum atomic E-state index is 9.43. The van der Waals surface area contributed by atoms with Crippen molar-refractivity contribution in [3.63, 3.8) is 0 Å². The molecule has 0 amide bonds. The predicted octanol–water partition coefficient (Wildman–Crippen LogP) is 2.76. The van der Waals surface area contributed by atoms with Crippen LogP contribution in [0.4, 0.5) is 0 Å². The standard InChI is InChI=1S/C18H25N3/c19-12-17(16-4-2-1-3-5-16)14-21-10-8-18(9-11-21)20-13-15-6-7-15/h1-5,15,17-18,20H,6-11,13-14H2. The molecule has 1 unspecified atom stereocenters. The Morgan fingerprint density at radius 1 is 1.14 bits per heavy atom. The first kappa shape index (κ1) is 14.6. The highest BCUT2D eigenvalue weighted by Crippen LogP contribution is 2.28. The Hall–Kier alpha value is -1.37. The number of nitrogens with zero attached hydrogens (tertiary/aromatic N) is 2. The number of piperidine rings is 1. The molecule has 1 atom stereocenters. The van der Waals surface area contributed by atoms with Crippen molar-refractivity contribution in [3.8, 4) is 6.07 Å². The van der Waals surface area contributed by atoms with Crippen LogP contribution in [0.15, 0.2) is 30.3 Å². The van der Waals surface area contributed by atoms with Crippen LogP contribution in [0.25, 0.3) is 0 Å². The van der Waals surface area contributed by atoms with Crippen LogP contribution in [-0.4, -0.2) is 37.1 Å². The lowest BCUT2D eigenvalue weighted by Gasteiger charge is -2.33. The molecule has 1 aromatic carbocycles. The molecule has 1 saturated heterocycles. The smallest absolute Gasteiger partial charge is 0.0839 e. The van der Waals surface area contributed by atoms with Gasteiger partial charge in [0.1, 0.15) is 0 Å². The minimum Gasteiger partial charge on any atom is -0.314 e. The van der Waals surface area contributed by atoms with E-state index in [9.17, 15) is 5.26 Å². The van der Waals surface area contributed by atoms with Gasteiger partial charge in [0.15, 0.2) is 0 Å². The monoisotopic (exact) mass is 283 g/mol. The second kappa shape index (κ2) is 7.06. The zero-order valence-electron chi connectivity index (χ0n) is 12.7. The highest BCUT2D eigenvalue weighted by Gasteiger charge is 2.25. The van der Waals surface area contributed by atoms with Crippen LogP contribution in [0, 0.1) is 17.2 Å². The molecule has 1 aromatic rings. The SMILES string of the molecule is N#CC(CN1CCC(NCC2CC2)CC1)c1ccccc1. The summed E-state index contributed by atoms with van der Waals surface area (Å²) in [6, 6.07) is 13.3. The van der Waals surface area contributed by atoms with E-state index >= 15 is 0 Å². The molecule has 1 heterocycles. The van der Waals surface area contributed by atoms with Crippen molar-refractivity contribution in [2.24, 2.45) is 5.92 Å². The molecule has 0 aromatic heterocycles. The summed E-state index contributed by atoms with van der Waals surface area (Å²) in [6.45, 7) is 4.33. The average molecular weight is 283 g/mol. The van der Waals surface area contributed by atoms with Crippen LogP contribution >= 0.6 is 0 Å². The van der Waals surface area contributed by atoms with Crippen molar-refractivity contribution < 1.29 is 0 Å². The molecule has 0 spiro atoms. The minimum absolute atomic E-state index is 0.00201. The number of hydrogen-bond donors (Lipinski definition) is 1. The lowest BCUT2D eigenvalue weighted by atomic mass is 9.98. The van der Waals surface area contributed by atoms with Crippen molar-refractivity contribution in [2.75, 3.05) is 26.2 Å². The van der Waals surface area contributed by atoms with Crippen LogP contribution in [0.1, 0.15) is 37.2 Å². The lowest BCUT2D eigenvalue weighted by molar-refractivity contribution is 0.194. The molecular weight excluding hydrogens is 258 g/mol. The van der Waals surface area contributed by atoms with E-state index in [-0.39, 0.29) is 5.92 Å². The normalized spacial score (nSPS) is 21.9. The molecule has 2 fully saturated rings. The van der Waals surface area contributed by atoms with Gasteiger partial charge in [-0.1, -0.05) is 30.3 Å². The Morgan fingerprint density at radius 3 is 2.48 bits per heavy atom. The Labute approximate surface area is 128 Å². The summed E-state index contributed by atoms with van der Waals surface area (Å²) >= 11 is 0. The molecular formula is C18H25N3. The zero-order chi connectivity index (χ0) is 14.5. The molecule has 112 valence electrons. The minimum atomic E-state index is 0.00201. The summed E-state index contributed by atoms with van der Waals surface area (Å²) in [4.78, 5) is 2.45. The van der Waals surface area contributed by atoms with Gasteiger partial charge in [0.25, 0.3) is 0 Å². The number of rotatable bonds is 6. The Bertz CT molecular complexity index is 467. The molecule has 2 aliphatic rings. The summed E-state index contributed by atoms with van der Waals surface area (Å²) < 4.78 is 0. The molecule has 0 radical (unpaired) electrons. The maximum absolute atomic E-state index is 9.43. The van der Waals surface area contributed by atoms with Gasteiger partial charge in [-0.2, -0.15) is 5.26 Å². The van der Waals surface area contributed by atoms with Crippen LogP contribution in [0.5, 0.6) is 0 Å². The van der Waals surface area contributed by atoms with Crippen molar-refractivity contribution in [1.82, 2.24) is 10.2 Å². The van der Waals surface area contributed by atoms with E-state index in [1.54, 1.807) is 0 Å². The molecule has 1 N–H and O–H groups in total. The third kappa shape index (κ3) is 4.30. The summed E-state index contributed by atoms with van der Waals surface area (Å²) in [5, 5.41) is 13.1. The third-order valence-electron chi connectivity index (χ3n) is 4.78. The van der Waals surface area contributed by atoms with Gasteiger partial charge in [-0.15, -0.1) is 0 Å². The fourth-order valence-electron chi connectivity index (χ4n) is 3.14. The van der Waals surface area contributed by atoms with Crippen LogP contribution < -0.4 is 5.32 Å². The van der Waals surface area contributed by atoms with E-state index in [0.717, 1.165) is 31.1 Å². The van der Waals surface area contributed by atoms with Crippen LogP contribution in [-0.2, 0) is 0 Å². The molecule has 0 bridgehead atoms. The van der Waals surface area contributed by atoms with E-state index in [2.05, 4.69) is 28.4 Å². The number of nitrogens with one attached hydrogen (secondary N) is 1. The van der Waals surface area contributed by atoms with Crippen molar-refractivity contribution in [3.05, 3.63) is 35.9 Å². The van der Waals surface area contributed by atoms with E-state index < -0.39 is 0 Å². The predicted molar refractivity (Wildman–Crippen MR) is 85.0 cm³/mol. The highest BCUT2D eigenvalue weighted by molar-refractivity contribution is 5.25. The summed E-state index contributed by atoms with van der Waals surface area (Å²) in [5.74, 6) is 0.964. The quantitative estimate of drug-likeness (QED) is 0.872. The molecule has 1 saturated carbocycles. The largest absolute Gasteiger partial charge is 0.314 e. The number of benzene rings is 1. The summed E-state index contributed by atoms with van der Waals surface area (Å²) in [5.41, 5.74) is 1.15. The number of likely N-dealkylation sites (tertiary alicyclic amines) is 1. The van der Waals surface area contributed by atoms with Gasteiger partial charge in [0, 0.05) is 12.6 Å². The van der Waals surface area contributed by atoms with Gasteiger partial charge in [0.2, 0.25) is 0 Å². The first-order valence-electron chi connectivity index (χ1n) is 8.25. The van der Waals surface area contributed by atoms with Crippen molar-refractivity contribution >= 4 is 0 Å². The highest BCUT2D eigenvalue weighted by atomic mass is 15.1. The van der Waals surface area contributed by atoms with E-state index in [4.69, 9.17) is 0 Å². The molecule has 1 aliphatic carbocycles. The second-order valence-corrected chi connectivity index (χ2v) is 6.52. The molecule has 3 nitrogen and oxygen atoms in total. The Morgan fingerprint density at radius 2 is 1.86 bits per heavy atom. The van der Waals surface area contributed by atoms with Gasteiger partial charge in [0.05, 0.1) is 12.0 Å². The first-order valence-corrected chi connectivity index (χ1v) is 8.25. The maximum Gasteiger partial charge on any atom is 0.0839 e. The van der Waals surface area contributed by atoms with Gasteiger partial charge in [-0.25, -0.2) is 0 Å². The molecule has 21 heavy (non-hydrogen) atoms. The summed E-state index contributed by atoms with van der Waals surface area (Å²) in [7, 11) is 0. The van der Waals surface area contributed by atoms with Gasteiger partial charge in [-0.3, -0.25) is 0 Å². The van der Waals surface area contributed by atoms with Gasteiger partial charge in [-0.05, 0) is 56.8 Å². The number of hydrogen-bond acceptors (Lipinski definition) is 3. The Kier molecular flexibility index (Phi) is 4.90. The van der Waals surface area contributed by atoms with Crippen LogP contribution in [0.3, 0.4) is 0 Å². The second-order valence-electron chi connectivity index (χ2n) is 6.52. The fraction of sp³-hybridized carbons (Fsp3) is 0.611. The zero-order valence-corrected chi connectivity index (χ0v) is 12.7. The lowest BCUT2D eigenvalue weighted by Crippen LogP contribution is -2.44. The first-order chi connectivity index (χ1) is 10.3. The topological polar surface area (TPSA) is 39.1 Å². The van der Waals surface area contributed by atoms with Crippen molar-refractivity contribution in [1.29, 1.82) is 5.26 Å². The summed E-state index contributed by atoms with van der Waals surface area (Å²) in [6.07, 6.45) is 5.29. The molecule has 3 heteroatoms. The molecule has 3 rings (SSSR count). The van der Waals surface area contributed by atoms with Crippen molar-refractivity contribution in [2.45, 2.75) is 37.6 Å². The Balaban J connectivity index is 1.44. The average Bonchev–Trinajstić information content (AvgIpc) is 3.37. The van der Waals surface area contributed by atoms with E-state index in [1.165, 1.54) is 32.2 Å². The van der Waals surface area contributed by atoms with Gasteiger partial charge < -0.3 is 10.2 Å². The molecule has 1 aliphatic heterocycles. The number of nitriles is 1.